The zero-order valence-electron chi connectivity index (χ0n) is 8.34. The lowest BCUT2D eigenvalue weighted by atomic mass is 10.2. The Balaban J connectivity index is 3.43. The highest BCUT2D eigenvalue weighted by Gasteiger charge is 1.80. The zero-order valence-corrected chi connectivity index (χ0v) is 8.34. The van der Waals surface area contributed by atoms with Gasteiger partial charge in [0.25, 0.3) is 0 Å². The molecule has 0 fully saturated rings. The van der Waals surface area contributed by atoms with E-state index in [1.54, 1.807) is 0 Å². The van der Waals surface area contributed by atoms with E-state index < -0.39 is 0 Å². The lowest BCUT2D eigenvalue weighted by Crippen LogP contribution is -1.70. The minimum atomic E-state index is 1.20. The second-order valence-electron chi connectivity index (χ2n) is 3.04. The fraction of sp³-hybridized carbons (Fsp3) is 0.500. The van der Waals surface area contributed by atoms with E-state index in [1.165, 1.54) is 31.3 Å². The molecule has 0 bridgehead atoms. The SMILES string of the molecule is C=C/C(C)=C\C=C/CCCCC. The van der Waals surface area contributed by atoms with Gasteiger partial charge < -0.3 is 0 Å². The van der Waals surface area contributed by atoms with Crippen molar-refractivity contribution >= 4 is 0 Å². The topological polar surface area (TPSA) is 0 Å². The van der Waals surface area contributed by atoms with Gasteiger partial charge in [0.15, 0.2) is 0 Å². The van der Waals surface area contributed by atoms with Gasteiger partial charge >= 0.3 is 0 Å². The monoisotopic (exact) mass is 164 g/mol. The van der Waals surface area contributed by atoms with Crippen LogP contribution in [0, 0.1) is 0 Å². The Morgan fingerprint density at radius 2 is 2.08 bits per heavy atom. The third-order valence-corrected chi connectivity index (χ3v) is 1.79. The van der Waals surface area contributed by atoms with Crippen LogP contribution in [0.25, 0.3) is 0 Å². The molecule has 0 radical (unpaired) electrons. The first kappa shape index (κ1) is 11.2. The highest BCUT2D eigenvalue weighted by atomic mass is 13.9. The Kier molecular flexibility index (Phi) is 7.78. The molecule has 0 aromatic carbocycles. The van der Waals surface area contributed by atoms with E-state index in [2.05, 4.69) is 38.7 Å². The van der Waals surface area contributed by atoms with Crippen molar-refractivity contribution in [2.75, 3.05) is 0 Å². The molecule has 0 N–H and O–H groups in total. The van der Waals surface area contributed by atoms with Crippen LogP contribution in [0.3, 0.4) is 0 Å². The average Bonchev–Trinajstić information content (AvgIpc) is 2.10. The molecule has 0 heterocycles. The lowest BCUT2D eigenvalue weighted by Gasteiger charge is -1.90. The summed E-state index contributed by atoms with van der Waals surface area (Å²) in [5, 5.41) is 0. The minimum absolute atomic E-state index is 1.20. The lowest BCUT2D eigenvalue weighted by molar-refractivity contribution is 0.729. The van der Waals surface area contributed by atoms with Crippen LogP contribution in [-0.4, -0.2) is 0 Å². The van der Waals surface area contributed by atoms with Gasteiger partial charge in [-0.1, -0.05) is 56.2 Å². The molecular formula is C12H20. The Morgan fingerprint density at radius 3 is 2.67 bits per heavy atom. The molecule has 0 unspecified atom stereocenters. The Labute approximate surface area is 76.7 Å². The summed E-state index contributed by atoms with van der Waals surface area (Å²) in [5.74, 6) is 0. The molecule has 0 aromatic rings. The van der Waals surface area contributed by atoms with Crippen molar-refractivity contribution in [3.63, 3.8) is 0 Å². The number of hydrogen-bond acceptors (Lipinski definition) is 0. The number of allylic oxidation sites excluding steroid dienone is 5. The van der Waals surface area contributed by atoms with Gasteiger partial charge in [0.1, 0.15) is 0 Å². The van der Waals surface area contributed by atoms with Gasteiger partial charge in [-0.15, -0.1) is 0 Å². The number of hydrogen-bond donors (Lipinski definition) is 0. The predicted molar refractivity (Wildman–Crippen MR) is 57.2 cm³/mol. The maximum atomic E-state index is 3.69. The molecule has 0 spiro atoms. The molecule has 0 saturated carbocycles. The third-order valence-electron chi connectivity index (χ3n) is 1.79. The molecule has 0 rings (SSSR count). The molecule has 0 aliphatic carbocycles. The molecular weight excluding hydrogens is 144 g/mol. The largest absolute Gasteiger partial charge is 0.0988 e. The summed E-state index contributed by atoms with van der Waals surface area (Å²) in [4.78, 5) is 0. The third kappa shape index (κ3) is 7.33. The molecule has 0 saturated heterocycles. The van der Waals surface area contributed by atoms with Crippen LogP contribution in [0.5, 0.6) is 0 Å². The van der Waals surface area contributed by atoms with E-state index in [0.717, 1.165) is 0 Å². The van der Waals surface area contributed by atoms with E-state index >= 15 is 0 Å². The molecule has 0 aliphatic heterocycles. The Bertz CT molecular complexity index is 161. The van der Waals surface area contributed by atoms with Crippen molar-refractivity contribution in [1.29, 1.82) is 0 Å². The highest BCUT2D eigenvalue weighted by molar-refractivity contribution is 5.19. The molecule has 0 amide bonds. The first-order valence-corrected chi connectivity index (χ1v) is 4.77. The quantitative estimate of drug-likeness (QED) is 0.406. The van der Waals surface area contributed by atoms with Crippen molar-refractivity contribution in [2.45, 2.75) is 39.5 Å². The predicted octanol–water partition coefficient (Wildman–Crippen LogP) is 4.26. The van der Waals surface area contributed by atoms with Crippen LogP contribution in [0.4, 0.5) is 0 Å². The summed E-state index contributed by atoms with van der Waals surface area (Å²) in [6.07, 6.45) is 13.5. The fourth-order valence-corrected chi connectivity index (χ4v) is 0.896. The zero-order chi connectivity index (χ0) is 9.23. The van der Waals surface area contributed by atoms with Crippen LogP contribution < -0.4 is 0 Å². The Morgan fingerprint density at radius 1 is 1.33 bits per heavy atom. The first-order chi connectivity index (χ1) is 5.81. The standard InChI is InChI=1S/C12H20/c1-4-6-7-8-9-10-11-12(3)5-2/h5,9-11H,2,4,6-8H2,1,3H3/b10-9-,12-11-. The Hall–Kier alpha value is -0.780. The van der Waals surface area contributed by atoms with Crippen LogP contribution in [0.2, 0.25) is 0 Å². The minimum Gasteiger partial charge on any atom is -0.0988 e. The van der Waals surface area contributed by atoms with Gasteiger partial charge in [-0.3, -0.25) is 0 Å². The smallest absolute Gasteiger partial charge is 0.0348 e. The van der Waals surface area contributed by atoms with Crippen molar-refractivity contribution in [3.8, 4) is 0 Å². The molecule has 12 heavy (non-hydrogen) atoms. The normalized spacial score (nSPS) is 12.3. The second kappa shape index (κ2) is 8.32. The summed E-state index contributed by atoms with van der Waals surface area (Å²) in [6.45, 7) is 7.97. The molecule has 0 heteroatoms. The molecule has 0 nitrogen and oxygen atoms in total. The van der Waals surface area contributed by atoms with E-state index in [4.69, 9.17) is 0 Å². The summed E-state index contributed by atoms with van der Waals surface area (Å²) in [6, 6.07) is 0. The fourth-order valence-electron chi connectivity index (χ4n) is 0.896. The van der Waals surface area contributed by atoms with E-state index in [9.17, 15) is 0 Å². The second-order valence-corrected chi connectivity index (χ2v) is 3.04. The summed E-state index contributed by atoms with van der Waals surface area (Å²) in [7, 11) is 0. The molecule has 0 aromatic heterocycles. The maximum absolute atomic E-state index is 3.69. The molecule has 0 aliphatic rings. The van der Waals surface area contributed by atoms with Gasteiger partial charge in [-0.25, -0.2) is 0 Å². The van der Waals surface area contributed by atoms with Gasteiger partial charge in [0, 0.05) is 0 Å². The van der Waals surface area contributed by atoms with Crippen molar-refractivity contribution in [2.24, 2.45) is 0 Å². The molecule has 68 valence electrons. The summed E-state index contributed by atoms with van der Waals surface area (Å²) >= 11 is 0. The summed E-state index contributed by atoms with van der Waals surface area (Å²) < 4.78 is 0. The van der Waals surface area contributed by atoms with Gasteiger partial charge in [0.05, 0.1) is 0 Å². The van der Waals surface area contributed by atoms with Gasteiger partial charge in [-0.05, 0) is 19.8 Å². The first-order valence-electron chi connectivity index (χ1n) is 4.77. The van der Waals surface area contributed by atoms with E-state index in [0.29, 0.717) is 0 Å². The van der Waals surface area contributed by atoms with Crippen LogP contribution in [0.15, 0.2) is 36.5 Å². The van der Waals surface area contributed by atoms with Crippen molar-refractivity contribution in [3.05, 3.63) is 36.5 Å². The summed E-state index contributed by atoms with van der Waals surface area (Å²) in [5.41, 5.74) is 1.22. The number of unbranched alkanes of at least 4 members (excludes halogenated alkanes) is 3. The van der Waals surface area contributed by atoms with Crippen molar-refractivity contribution < 1.29 is 0 Å². The van der Waals surface area contributed by atoms with Crippen molar-refractivity contribution in [1.82, 2.24) is 0 Å². The molecule has 0 atom stereocenters. The van der Waals surface area contributed by atoms with Crippen LogP contribution in [0.1, 0.15) is 39.5 Å². The van der Waals surface area contributed by atoms with Gasteiger partial charge in [0.2, 0.25) is 0 Å². The van der Waals surface area contributed by atoms with Crippen LogP contribution in [-0.2, 0) is 0 Å². The van der Waals surface area contributed by atoms with Gasteiger partial charge in [-0.2, -0.15) is 0 Å². The number of rotatable bonds is 6. The van der Waals surface area contributed by atoms with E-state index in [1.807, 2.05) is 6.08 Å². The van der Waals surface area contributed by atoms with E-state index in [-0.39, 0.29) is 0 Å². The highest BCUT2D eigenvalue weighted by Crippen LogP contribution is 2.00. The maximum Gasteiger partial charge on any atom is -0.0348 e. The average molecular weight is 164 g/mol. The van der Waals surface area contributed by atoms with Crippen LogP contribution >= 0.6 is 0 Å².